The lowest BCUT2D eigenvalue weighted by Crippen LogP contribution is -2.43. The fraction of sp³-hybridized carbons (Fsp3) is 0.348. The molecule has 1 amide bonds. The van der Waals surface area contributed by atoms with E-state index in [4.69, 9.17) is 4.74 Å². The van der Waals surface area contributed by atoms with Gasteiger partial charge in [-0.2, -0.15) is 0 Å². The average Bonchev–Trinajstić information content (AvgIpc) is 3.28. The van der Waals surface area contributed by atoms with Gasteiger partial charge in [-0.1, -0.05) is 30.0 Å². The minimum Gasteiger partial charge on any atom is -0.466 e. The Bertz CT molecular complexity index is 1060. The number of ether oxygens (including phenoxy) is 1. The van der Waals surface area contributed by atoms with E-state index in [0.29, 0.717) is 30.7 Å². The lowest BCUT2D eigenvalue weighted by molar-refractivity contribution is -0.151. The molecule has 3 heterocycles. The first-order valence-electron chi connectivity index (χ1n) is 10.7. The second-order valence-corrected chi connectivity index (χ2v) is 8.38. The normalized spacial score (nSPS) is 16.0. The SMILES string of the molecule is CCOC(=O)C1CCCN(C(=O)CSc2nnc(-c3ccncc3)n2-c2ccccc2)C1. The van der Waals surface area contributed by atoms with Crippen LogP contribution < -0.4 is 0 Å². The summed E-state index contributed by atoms with van der Waals surface area (Å²) >= 11 is 1.35. The fourth-order valence-corrected chi connectivity index (χ4v) is 4.59. The number of carbonyl (C=O) groups excluding carboxylic acids is 2. The highest BCUT2D eigenvalue weighted by atomic mass is 32.2. The third-order valence-corrected chi connectivity index (χ3v) is 6.22. The topological polar surface area (TPSA) is 90.2 Å². The summed E-state index contributed by atoms with van der Waals surface area (Å²) in [7, 11) is 0. The number of pyridine rings is 1. The van der Waals surface area contributed by atoms with Crippen molar-refractivity contribution in [3.8, 4) is 17.1 Å². The Morgan fingerprint density at radius 3 is 2.66 bits per heavy atom. The smallest absolute Gasteiger partial charge is 0.310 e. The van der Waals surface area contributed by atoms with Gasteiger partial charge in [-0.25, -0.2) is 0 Å². The van der Waals surface area contributed by atoms with E-state index < -0.39 is 0 Å². The Morgan fingerprint density at radius 2 is 1.91 bits per heavy atom. The van der Waals surface area contributed by atoms with Crippen molar-refractivity contribution in [1.29, 1.82) is 0 Å². The Hall–Kier alpha value is -3.20. The van der Waals surface area contributed by atoms with Crippen LogP contribution in [0.1, 0.15) is 19.8 Å². The molecule has 1 saturated heterocycles. The van der Waals surface area contributed by atoms with E-state index in [2.05, 4.69) is 15.2 Å². The Kier molecular flexibility index (Phi) is 7.16. The summed E-state index contributed by atoms with van der Waals surface area (Å²) in [6.07, 6.45) is 4.98. The molecule has 1 atom stereocenters. The van der Waals surface area contributed by atoms with Crippen molar-refractivity contribution in [2.45, 2.75) is 24.9 Å². The number of esters is 1. The lowest BCUT2D eigenvalue weighted by atomic mass is 9.98. The molecule has 1 aromatic carbocycles. The van der Waals surface area contributed by atoms with Gasteiger partial charge in [0.2, 0.25) is 5.91 Å². The Balaban J connectivity index is 1.50. The monoisotopic (exact) mass is 451 g/mol. The molecule has 0 saturated carbocycles. The second kappa shape index (κ2) is 10.4. The van der Waals surface area contributed by atoms with Crippen LogP contribution in [0.25, 0.3) is 17.1 Å². The van der Waals surface area contributed by atoms with Crippen LogP contribution in [-0.4, -0.2) is 62.0 Å². The van der Waals surface area contributed by atoms with Crippen LogP contribution in [0.15, 0.2) is 60.0 Å². The van der Waals surface area contributed by atoms with Crippen LogP contribution >= 0.6 is 11.8 Å². The first kappa shape index (κ1) is 22.0. The van der Waals surface area contributed by atoms with E-state index in [1.807, 2.05) is 47.0 Å². The molecule has 32 heavy (non-hydrogen) atoms. The number of rotatable bonds is 7. The van der Waals surface area contributed by atoms with E-state index in [1.54, 1.807) is 24.2 Å². The predicted molar refractivity (Wildman–Crippen MR) is 121 cm³/mol. The number of aromatic nitrogens is 4. The molecule has 8 nitrogen and oxygen atoms in total. The van der Waals surface area contributed by atoms with Gasteiger partial charge in [-0.3, -0.25) is 19.1 Å². The maximum absolute atomic E-state index is 12.9. The maximum Gasteiger partial charge on any atom is 0.310 e. The van der Waals surface area contributed by atoms with Crippen LogP contribution in [0.3, 0.4) is 0 Å². The highest BCUT2D eigenvalue weighted by molar-refractivity contribution is 7.99. The minimum atomic E-state index is -0.246. The number of piperidine rings is 1. The van der Waals surface area contributed by atoms with Gasteiger partial charge >= 0.3 is 5.97 Å². The van der Waals surface area contributed by atoms with Crippen LogP contribution in [0.5, 0.6) is 0 Å². The molecule has 0 aliphatic carbocycles. The number of hydrogen-bond donors (Lipinski definition) is 0. The van der Waals surface area contributed by atoms with Gasteiger partial charge in [0.1, 0.15) is 0 Å². The van der Waals surface area contributed by atoms with E-state index >= 15 is 0 Å². The molecule has 1 unspecified atom stereocenters. The molecule has 9 heteroatoms. The Labute approximate surface area is 191 Å². The summed E-state index contributed by atoms with van der Waals surface area (Å²) in [5.74, 6) is 0.426. The quantitative estimate of drug-likeness (QED) is 0.402. The average molecular weight is 452 g/mol. The van der Waals surface area contributed by atoms with Crippen molar-refractivity contribution < 1.29 is 14.3 Å². The Morgan fingerprint density at radius 1 is 1.12 bits per heavy atom. The molecule has 2 aromatic heterocycles. The van der Waals surface area contributed by atoms with Crippen molar-refractivity contribution in [2.24, 2.45) is 5.92 Å². The van der Waals surface area contributed by atoms with Crippen molar-refractivity contribution in [2.75, 3.05) is 25.4 Å². The largest absolute Gasteiger partial charge is 0.466 e. The van der Waals surface area contributed by atoms with Crippen LogP contribution in [0.4, 0.5) is 0 Å². The standard InChI is InChI=1S/C23H25N5O3S/c1-2-31-22(30)18-7-6-14-27(15-18)20(29)16-32-23-26-25-21(17-10-12-24-13-11-17)28(23)19-8-4-3-5-9-19/h3-5,8-13,18H,2,6-7,14-16H2,1H3. The third-order valence-electron chi connectivity index (χ3n) is 5.31. The van der Waals surface area contributed by atoms with Crippen molar-refractivity contribution in [1.82, 2.24) is 24.6 Å². The molecular formula is C23H25N5O3S. The van der Waals surface area contributed by atoms with Crippen LogP contribution in [0.2, 0.25) is 0 Å². The summed E-state index contributed by atoms with van der Waals surface area (Å²) < 4.78 is 7.09. The molecule has 0 N–H and O–H groups in total. The zero-order valence-corrected chi connectivity index (χ0v) is 18.7. The molecule has 166 valence electrons. The molecule has 0 spiro atoms. The molecule has 4 rings (SSSR count). The van der Waals surface area contributed by atoms with Gasteiger partial charge in [0.15, 0.2) is 11.0 Å². The number of benzene rings is 1. The number of carbonyl (C=O) groups is 2. The van der Waals surface area contributed by atoms with Crippen molar-refractivity contribution in [3.05, 3.63) is 54.9 Å². The van der Waals surface area contributed by atoms with Gasteiger partial charge < -0.3 is 9.64 Å². The summed E-state index contributed by atoms with van der Waals surface area (Å²) in [6, 6.07) is 13.6. The van der Waals surface area contributed by atoms with Gasteiger partial charge in [-0.05, 0) is 44.0 Å². The third kappa shape index (κ3) is 4.99. The van der Waals surface area contributed by atoms with E-state index in [9.17, 15) is 9.59 Å². The number of para-hydroxylation sites is 1. The van der Waals surface area contributed by atoms with Crippen LogP contribution in [-0.2, 0) is 14.3 Å². The number of nitrogens with zero attached hydrogens (tertiary/aromatic N) is 5. The molecule has 0 radical (unpaired) electrons. The first-order chi connectivity index (χ1) is 15.7. The van der Waals surface area contributed by atoms with Gasteiger partial charge in [0.05, 0.1) is 18.3 Å². The highest BCUT2D eigenvalue weighted by Crippen LogP contribution is 2.28. The van der Waals surface area contributed by atoms with Crippen molar-refractivity contribution >= 4 is 23.6 Å². The summed E-state index contributed by atoms with van der Waals surface area (Å²) in [6.45, 7) is 3.21. The van der Waals surface area contributed by atoms with Crippen LogP contribution in [0, 0.1) is 5.92 Å². The second-order valence-electron chi connectivity index (χ2n) is 7.43. The number of likely N-dealkylation sites (tertiary alicyclic amines) is 1. The summed E-state index contributed by atoms with van der Waals surface area (Å²) in [4.78, 5) is 30.8. The first-order valence-corrected chi connectivity index (χ1v) is 11.6. The lowest BCUT2D eigenvalue weighted by Gasteiger charge is -2.31. The fourth-order valence-electron chi connectivity index (χ4n) is 3.73. The zero-order chi connectivity index (χ0) is 22.3. The molecule has 1 aliphatic heterocycles. The van der Waals surface area contributed by atoms with Gasteiger partial charge in [-0.15, -0.1) is 10.2 Å². The maximum atomic E-state index is 12.9. The van der Waals surface area contributed by atoms with Crippen molar-refractivity contribution in [3.63, 3.8) is 0 Å². The molecule has 1 aliphatic rings. The minimum absolute atomic E-state index is 0.0166. The van der Waals surface area contributed by atoms with E-state index in [1.165, 1.54) is 11.8 Å². The van der Waals surface area contributed by atoms with Gasteiger partial charge in [0, 0.05) is 36.7 Å². The van der Waals surface area contributed by atoms with E-state index in [0.717, 1.165) is 24.1 Å². The van der Waals surface area contributed by atoms with E-state index in [-0.39, 0.29) is 23.5 Å². The number of amides is 1. The van der Waals surface area contributed by atoms with Gasteiger partial charge in [0.25, 0.3) is 0 Å². The summed E-state index contributed by atoms with van der Waals surface area (Å²) in [5, 5.41) is 9.39. The highest BCUT2D eigenvalue weighted by Gasteiger charge is 2.29. The molecule has 3 aromatic rings. The summed E-state index contributed by atoms with van der Waals surface area (Å²) in [5.41, 5.74) is 1.81. The predicted octanol–water partition coefficient (Wildman–Crippen LogP) is 3.22. The molecule has 0 bridgehead atoms. The number of hydrogen-bond acceptors (Lipinski definition) is 7. The zero-order valence-electron chi connectivity index (χ0n) is 17.9. The number of thioether (sulfide) groups is 1. The molecule has 1 fully saturated rings. The molecular weight excluding hydrogens is 426 g/mol.